The van der Waals surface area contributed by atoms with Gasteiger partial charge in [0.05, 0.1) is 12.5 Å². The van der Waals surface area contributed by atoms with Gasteiger partial charge in [-0.1, -0.05) is 24.3 Å². The first-order chi connectivity index (χ1) is 10.8. The predicted octanol–water partition coefficient (Wildman–Crippen LogP) is 2.21. The van der Waals surface area contributed by atoms with Crippen LogP contribution in [0, 0.1) is 0 Å². The molecule has 4 rings (SSSR count). The third-order valence-corrected chi connectivity index (χ3v) is 3.84. The Kier molecular flexibility index (Phi) is 3.11. The van der Waals surface area contributed by atoms with Gasteiger partial charge in [-0.15, -0.1) is 0 Å². The van der Waals surface area contributed by atoms with Gasteiger partial charge in [-0.25, -0.2) is 0 Å². The predicted molar refractivity (Wildman–Crippen MR) is 79.1 cm³/mol. The summed E-state index contributed by atoms with van der Waals surface area (Å²) < 4.78 is 16.2. The zero-order valence-electron chi connectivity index (χ0n) is 11.9. The quantitative estimate of drug-likeness (QED) is 0.943. The van der Waals surface area contributed by atoms with E-state index >= 15 is 0 Å². The van der Waals surface area contributed by atoms with E-state index < -0.39 is 0 Å². The second-order valence-corrected chi connectivity index (χ2v) is 5.33. The van der Waals surface area contributed by atoms with Crippen LogP contribution in [0.5, 0.6) is 17.2 Å². The molecule has 5 heteroatoms. The molecule has 1 amide bonds. The lowest BCUT2D eigenvalue weighted by Gasteiger charge is -2.12. The Labute approximate surface area is 127 Å². The van der Waals surface area contributed by atoms with Crippen LogP contribution in [0.3, 0.4) is 0 Å². The molecule has 0 unspecified atom stereocenters. The number of hydrogen-bond donors (Lipinski definition) is 1. The number of carbonyl (C=O) groups is 1. The summed E-state index contributed by atoms with van der Waals surface area (Å²) in [4.78, 5) is 12.2. The van der Waals surface area contributed by atoms with Crippen molar-refractivity contribution in [2.75, 3.05) is 13.4 Å². The zero-order valence-corrected chi connectivity index (χ0v) is 11.9. The van der Waals surface area contributed by atoms with Crippen LogP contribution >= 0.6 is 0 Å². The molecule has 0 fully saturated rings. The minimum Gasteiger partial charge on any atom is -0.491 e. The summed E-state index contributed by atoms with van der Waals surface area (Å²) in [5.41, 5.74) is 1.93. The van der Waals surface area contributed by atoms with E-state index in [1.165, 1.54) is 0 Å². The van der Waals surface area contributed by atoms with Crippen molar-refractivity contribution in [2.45, 2.75) is 12.5 Å². The molecule has 2 aromatic carbocycles. The molecule has 5 nitrogen and oxygen atoms in total. The summed E-state index contributed by atoms with van der Waals surface area (Å²) in [5, 5.41) is 3.02. The van der Waals surface area contributed by atoms with Crippen molar-refractivity contribution in [3.05, 3.63) is 53.6 Å². The molecule has 0 spiro atoms. The first-order valence-electron chi connectivity index (χ1n) is 7.19. The number of amides is 1. The summed E-state index contributed by atoms with van der Waals surface area (Å²) in [7, 11) is 0. The normalized spacial score (nSPS) is 17.7. The van der Waals surface area contributed by atoms with Gasteiger partial charge in [0, 0.05) is 5.56 Å². The Balaban J connectivity index is 1.43. The summed E-state index contributed by atoms with van der Waals surface area (Å²) in [5.74, 6) is 2.22. The molecular formula is C17H15NO4. The maximum absolute atomic E-state index is 12.2. The van der Waals surface area contributed by atoms with E-state index in [-0.39, 0.29) is 18.7 Å². The highest BCUT2D eigenvalue weighted by atomic mass is 16.7. The van der Waals surface area contributed by atoms with E-state index in [0.717, 1.165) is 22.6 Å². The summed E-state index contributed by atoms with van der Waals surface area (Å²) in [6.07, 6.45) is 0.301. The molecule has 2 heterocycles. The zero-order chi connectivity index (χ0) is 14.9. The van der Waals surface area contributed by atoms with Crippen molar-refractivity contribution < 1.29 is 19.0 Å². The summed E-state index contributed by atoms with van der Waals surface area (Å²) in [6.45, 7) is 0.716. The molecule has 112 valence electrons. The van der Waals surface area contributed by atoms with Crippen LogP contribution in [0.25, 0.3) is 0 Å². The fourth-order valence-electron chi connectivity index (χ4n) is 2.76. The molecule has 0 bridgehead atoms. The SMILES string of the molecule is O=C(Cc1ccc2c(c1)OCO2)N[C@H]1COc2ccccc21. The minimum absolute atomic E-state index is 0.0378. The molecule has 0 radical (unpaired) electrons. The Morgan fingerprint density at radius 1 is 1.05 bits per heavy atom. The van der Waals surface area contributed by atoms with E-state index in [2.05, 4.69) is 5.32 Å². The van der Waals surface area contributed by atoms with Gasteiger partial charge in [0.25, 0.3) is 0 Å². The van der Waals surface area contributed by atoms with Gasteiger partial charge in [-0.2, -0.15) is 0 Å². The van der Waals surface area contributed by atoms with E-state index in [0.29, 0.717) is 18.8 Å². The first-order valence-corrected chi connectivity index (χ1v) is 7.19. The maximum Gasteiger partial charge on any atom is 0.231 e. The van der Waals surface area contributed by atoms with Crippen LogP contribution in [0.15, 0.2) is 42.5 Å². The number of ether oxygens (including phenoxy) is 3. The standard InChI is InChI=1S/C17H15NO4/c19-17(8-11-5-6-15-16(7-11)22-10-21-15)18-13-9-20-14-4-2-1-3-12(13)14/h1-7,13H,8-10H2,(H,18,19)/t13-/m0/s1. The van der Waals surface area contributed by atoms with Crippen LogP contribution in [-0.4, -0.2) is 19.3 Å². The third-order valence-electron chi connectivity index (χ3n) is 3.84. The molecular weight excluding hydrogens is 282 g/mol. The lowest BCUT2D eigenvalue weighted by atomic mass is 10.1. The van der Waals surface area contributed by atoms with Gasteiger partial charge in [-0.3, -0.25) is 4.79 Å². The van der Waals surface area contributed by atoms with Crippen molar-refractivity contribution in [2.24, 2.45) is 0 Å². The first kappa shape index (κ1) is 13.0. The van der Waals surface area contributed by atoms with Gasteiger partial charge in [0.1, 0.15) is 12.4 Å². The molecule has 1 atom stereocenters. The number of carbonyl (C=O) groups excluding carboxylic acids is 1. The van der Waals surface area contributed by atoms with E-state index in [4.69, 9.17) is 14.2 Å². The average molecular weight is 297 g/mol. The van der Waals surface area contributed by atoms with Crippen LogP contribution < -0.4 is 19.5 Å². The second kappa shape index (κ2) is 5.26. The number of hydrogen-bond acceptors (Lipinski definition) is 4. The summed E-state index contributed by atoms with van der Waals surface area (Å²) >= 11 is 0. The Morgan fingerprint density at radius 3 is 2.86 bits per heavy atom. The molecule has 0 aliphatic carbocycles. The van der Waals surface area contributed by atoms with Crippen molar-refractivity contribution >= 4 is 5.91 Å². The highest BCUT2D eigenvalue weighted by molar-refractivity contribution is 5.79. The minimum atomic E-state index is -0.0855. The Bertz CT molecular complexity index is 728. The van der Waals surface area contributed by atoms with Crippen LogP contribution in [-0.2, 0) is 11.2 Å². The van der Waals surface area contributed by atoms with Gasteiger partial charge in [0.2, 0.25) is 12.7 Å². The maximum atomic E-state index is 12.2. The molecule has 0 aromatic heterocycles. The van der Waals surface area contributed by atoms with E-state index in [1.807, 2.05) is 42.5 Å². The Morgan fingerprint density at radius 2 is 1.91 bits per heavy atom. The van der Waals surface area contributed by atoms with Crippen LogP contribution in [0.1, 0.15) is 17.2 Å². The van der Waals surface area contributed by atoms with Crippen molar-refractivity contribution in [1.82, 2.24) is 5.32 Å². The van der Waals surface area contributed by atoms with Crippen molar-refractivity contribution in [3.8, 4) is 17.2 Å². The number of para-hydroxylation sites is 1. The fraction of sp³-hybridized carbons (Fsp3) is 0.235. The Hall–Kier alpha value is -2.69. The summed E-state index contributed by atoms with van der Waals surface area (Å²) in [6, 6.07) is 13.2. The van der Waals surface area contributed by atoms with E-state index in [1.54, 1.807) is 0 Å². The highest BCUT2D eigenvalue weighted by Crippen LogP contribution is 2.33. The fourth-order valence-corrected chi connectivity index (χ4v) is 2.76. The lowest BCUT2D eigenvalue weighted by molar-refractivity contribution is -0.121. The number of benzene rings is 2. The van der Waals surface area contributed by atoms with Gasteiger partial charge < -0.3 is 19.5 Å². The largest absolute Gasteiger partial charge is 0.491 e. The topological polar surface area (TPSA) is 56.8 Å². The lowest BCUT2D eigenvalue weighted by Crippen LogP contribution is -2.30. The molecule has 22 heavy (non-hydrogen) atoms. The van der Waals surface area contributed by atoms with Gasteiger partial charge in [0.15, 0.2) is 11.5 Å². The highest BCUT2D eigenvalue weighted by Gasteiger charge is 2.25. The van der Waals surface area contributed by atoms with Crippen LogP contribution in [0.2, 0.25) is 0 Å². The van der Waals surface area contributed by atoms with Crippen molar-refractivity contribution in [3.63, 3.8) is 0 Å². The molecule has 0 saturated carbocycles. The van der Waals surface area contributed by atoms with E-state index in [9.17, 15) is 4.79 Å². The number of fused-ring (bicyclic) bond motifs is 2. The monoisotopic (exact) mass is 297 g/mol. The smallest absolute Gasteiger partial charge is 0.231 e. The number of nitrogens with one attached hydrogen (secondary N) is 1. The molecule has 1 N–H and O–H groups in total. The second-order valence-electron chi connectivity index (χ2n) is 5.33. The average Bonchev–Trinajstić information content (AvgIpc) is 3.14. The van der Waals surface area contributed by atoms with Gasteiger partial charge in [-0.05, 0) is 23.8 Å². The van der Waals surface area contributed by atoms with Crippen LogP contribution in [0.4, 0.5) is 0 Å². The van der Waals surface area contributed by atoms with Gasteiger partial charge >= 0.3 is 0 Å². The number of rotatable bonds is 3. The molecule has 2 aliphatic heterocycles. The molecule has 2 aromatic rings. The van der Waals surface area contributed by atoms with Crippen molar-refractivity contribution in [1.29, 1.82) is 0 Å². The molecule has 2 aliphatic rings. The third kappa shape index (κ3) is 2.35. The molecule has 0 saturated heterocycles.